The van der Waals surface area contributed by atoms with Gasteiger partial charge in [0.2, 0.25) is 0 Å². The van der Waals surface area contributed by atoms with Crippen LogP contribution in [-0.2, 0) is 18.9 Å². The number of rotatable bonds is 9. The number of halogens is 2. The van der Waals surface area contributed by atoms with Crippen molar-refractivity contribution in [3.05, 3.63) is 88.4 Å². The number of ether oxygens (including phenoxy) is 1. The van der Waals surface area contributed by atoms with Gasteiger partial charge in [-0.15, -0.1) is 28.1 Å². The molecule has 32 heavy (non-hydrogen) atoms. The number of hydrogen-bond donors (Lipinski definition) is 0. The summed E-state index contributed by atoms with van der Waals surface area (Å²) in [6.45, 7) is 6.60. The van der Waals surface area contributed by atoms with Gasteiger partial charge in [0.15, 0.2) is 11.0 Å². The fraction of sp³-hybridized carbons (Fsp3) is 0.174. The molecule has 4 aromatic rings. The summed E-state index contributed by atoms with van der Waals surface area (Å²) in [5.41, 5.74) is 3.35. The molecule has 0 fully saturated rings. The van der Waals surface area contributed by atoms with E-state index in [0.29, 0.717) is 23.9 Å². The largest absolute Gasteiger partial charge is 0.484 e. The van der Waals surface area contributed by atoms with E-state index < -0.39 is 5.82 Å². The lowest BCUT2D eigenvalue weighted by Gasteiger charge is -2.10. The van der Waals surface area contributed by atoms with Gasteiger partial charge in [-0.25, -0.2) is 9.37 Å². The van der Waals surface area contributed by atoms with Crippen molar-refractivity contribution >= 4 is 34.7 Å². The van der Waals surface area contributed by atoms with Crippen LogP contribution in [0.15, 0.2) is 65.7 Å². The lowest BCUT2D eigenvalue weighted by Crippen LogP contribution is -2.07. The molecule has 0 aliphatic heterocycles. The Hall–Kier alpha value is -2.68. The molecule has 0 bridgehead atoms. The maximum Gasteiger partial charge on any atom is 0.191 e. The molecule has 0 saturated carbocycles. The van der Waals surface area contributed by atoms with Gasteiger partial charge in [0.25, 0.3) is 0 Å². The molecule has 0 unspecified atom stereocenters. The highest BCUT2D eigenvalue weighted by atomic mass is 35.5. The molecular formula is C23H20ClFN4OS2. The first-order chi connectivity index (χ1) is 15.5. The van der Waals surface area contributed by atoms with Crippen molar-refractivity contribution in [1.29, 1.82) is 0 Å². The first-order valence-electron chi connectivity index (χ1n) is 9.79. The van der Waals surface area contributed by atoms with Gasteiger partial charge in [0.05, 0.1) is 10.7 Å². The van der Waals surface area contributed by atoms with Crippen LogP contribution in [0.4, 0.5) is 4.39 Å². The first-order valence-corrected chi connectivity index (χ1v) is 12.0. The normalized spacial score (nSPS) is 11.0. The summed E-state index contributed by atoms with van der Waals surface area (Å²) in [6, 6.07) is 12.2. The van der Waals surface area contributed by atoms with E-state index in [4.69, 9.17) is 21.3 Å². The van der Waals surface area contributed by atoms with E-state index in [2.05, 4.69) is 41.2 Å². The second-order valence-electron chi connectivity index (χ2n) is 6.91. The Morgan fingerprint density at radius 2 is 2.09 bits per heavy atom. The number of hydrogen-bond acceptors (Lipinski definition) is 6. The fourth-order valence-electron chi connectivity index (χ4n) is 3.03. The van der Waals surface area contributed by atoms with Crippen LogP contribution in [0.25, 0.3) is 10.6 Å². The van der Waals surface area contributed by atoms with Crippen LogP contribution < -0.4 is 4.74 Å². The first kappa shape index (κ1) is 22.5. The minimum Gasteiger partial charge on any atom is -0.484 e. The Kier molecular flexibility index (Phi) is 7.24. The summed E-state index contributed by atoms with van der Waals surface area (Å²) < 4.78 is 20.9. The molecule has 0 aliphatic rings. The summed E-state index contributed by atoms with van der Waals surface area (Å²) in [4.78, 5) is 4.78. The highest BCUT2D eigenvalue weighted by Crippen LogP contribution is 2.30. The zero-order chi connectivity index (χ0) is 22.5. The van der Waals surface area contributed by atoms with Crippen molar-refractivity contribution in [3.63, 3.8) is 0 Å². The molecule has 0 saturated heterocycles. The Morgan fingerprint density at radius 3 is 2.88 bits per heavy atom. The molecule has 0 aliphatic carbocycles. The minimum atomic E-state index is -0.413. The molecule has 0 spiro atoms. The van der Waals surface area contributed by atoms with Crippen LogP contribution in [0.3, 0.4) is 0 Å². The Balaban J connectivity index is 1.44. The average molecular weight is 487 g/mol. The van der Waals surface area contributed by atoms with Gasteiger partial charge in [0.1, 0.15) is 23.2 Å². The maximum atomic E-state index is 13.2. The van der Waals surface area contributed by atoms with Crippen molar-refractivity contribution in [2.75, 3.05) is 0 Å². The highest BCUT2D eigenvalue weighted by molar-refractivity contribution is 7.98. The number of benzene rings is 2. The zero-order valence-electron chi connectivity index (χ0n) is 17.3. The molecule has 2 heterocycles. The molecule has 0 atom stereocenters. The minimum absolute atomic E-state index is 0.154. The van der Waals surface area contributed by atoms with Crippen LogP contribution >= 0.6 is 34.7 Å². The summed E-state index contributed by atoms with van der Waals surface area (Å²) in [5.74, 6) is 1.28. The molecule has 0 radical (unpaired) electrons. The van der Waals surface area contributed by atoms with E-state index in [1.807, 2.05) is 16.7 Å². The van der Waals surface area contributed by atoms with E-state index in [0.717, 1.165) is 21.4 Å². The van der Waals surface area contributed by atoms with Gasteiger partial charge in [-0.3, -0.25) is 4.57 Å². The molecular weight excluding hydrogens is 467 g/mol. The van der Waals surface area contributed by atoms with Crippen molar-refractivity contribution in [3.8, 4) is 16.3 Å². The molecule has 4 rings (SSSR count). The van der Waals surface area contributed by atoms with Gasteiger partial charge in [0, 0.05) is 23.2 Å². The predicted molar refractivity (Wildman–Crippen MR) is 128 cm³/mol. The smallest absolute Gasteiger partial charge is 0.191 e. The van der Waals surface area contributed by atoms with Crippen LogP contribution in [0, 0.1) is 12.7 Å². The third-order valence-corrected chi connectivity index (χ3v) is 6.85. The Labute approximate surface area is 198 Å². The zero-order valence-corrected chi connectivity index (χ0v) is 19.7. The summed E-state index contributed by atoms with van der Waals surface area (Å²) in [6.07, 6.45) is 1.78. The Bertz CT molecular complexity index is 1240. The quantitative estimate of drug-likeness (QED) is 0.198. The summed E-state index contributed by atoms with van der Waals surface area (Å²) >= 11 is 9.23. The molecule has 0 amide bonds. The van der Waals surface area contributed by atoms with E-state index in [-0.39, 0.29) is 11.6 Å². The number of thioether (sulfide) groups is 1. The lowest BCUT2D eigenvalue weighted by atomic mass is 10.1. The number of nitrogens with zero attached hydrogens (tertiary/aromatic N) is 4. The van der Waals surface area contributed by atoms with Crippen LogP contribution in [-0.4, -0.2) is 19.7 Å². The van der Waals surface area contributed by atoms with E-state index in [9.17, 15) is 4.39 Å². The van der Waals surface area contributed by atoms with E-state index in [1.165, 1.54) is 23.8 Å². The molecule has 0 N–H and O–H groups in total. The third-order valence-electron chi connectivity index (χ3n) is 4.63. The lowest BCUT2D eigenvalue weighted by molar-refractivity contribution is 0.289. The van der Waals surface area contributed by atoms with Crippen molar-refractivity contribution in [2.45, 2.75) is 31.0 Å². The van der Waals surface area contributed by atoms with Gasteiger partial charge < -0.3 is 4.74 Å². The predicted octanol–water partition coefficient (Wildman–Crippen LogP) is 6.56. The number of thiazole rings is 1. The standard InChI is InChI=1S/C23H20ClFN4OS2/c1-3-10-29-21(12-30-20-9-8-16(25)11-19(20)24)27-28-23(29)32-14-17-13-31-22(26-17)18-7-5-4-6-15(18)2/h3-9,11,13H,1,10,12,14H2,2H3. The van der Waals surface area contributed by atoms with Crippen LogP contribution in [0.2, 0.25) is 5.02 Å². The topological polar surface area (TPSA) is 52.8 Å². The molecule has 164 valence electrons. The van der Waals surface area contributed by atoms with Gasteiger partial charge in [-0.1, -0.05) is 53.7 Å². The number of aryl methyl sites for hydroxylation is 1. The molecule has 9 heteroatoms. The Morgan fingerprint density at radius 1 is 1.25 bits per heavy atom. The monoisotopic (exact) mass is 486 g/mol. The second-order valence-corrected chi connectivity index (χ2v) is 9.12. The maximum absolute atomic E-state index is 13.2. The number of allylic oxidation sites excluding steroid dienone is 1. The van der Waals surface area contributed by atoms with E-state index >= 15 is 0 Å². The summed E-state index contributed by atoms with van der Waals surface area (Å²) in [7, 11) is 0. The fourth-order valence-corrected chi connectivity index (χ4v) is 5.12. The van der Waals surface area contributed by atoms with Crippen LogP contribution in [0.1, 0.15) is 17.1 Å². The SMILES string of the molecule is C=CCn1c(COc2ccc(F)cc2Cl)nnc1SCc1csc(-c2ccccc2C)n1. The van der Waals surface area contributed by atoms with Gasteiger partial charge in [-0.2, -0.15) is 0 Å². The molecule has 2 aromatic carbocycles. The third kappa shape index (κ3) is 5.20. The van der Waals surface area contributed by atoms with Gasteiger partial charge >= 0.3 is 0 Å². The van der Waals surface area contributed by atoms with E-state index in [1.54, 1.807) is 29.2 Å². The summed E-state index contributed by atoms with van der Waals surface area (Å²) in [5, 5.41) is 12.6. The van der Waals surface area contributed by atoms with Crippen molar-refractivity contribution in [2.24, 2.45) is 0 Å². The molecule has 2 aromatic heterocycles. The van der Waals surface area contributed by atoms with Crippen LogP contribution in [0.5, 0.6) is 5.75 Å². The molecule has 5 nitrogen and oxygen atoms in total. The number of aromatic nitrogens is 4. The van der Waals surface area contributed by atoms with Gasteiger partial charge in [-0.05, 0) is 30.7 Å². The van der Waals surface area contributed by atoms with Crippen molar-refractivity contribution < 1.29 is 9.13 Å². The van der Waals surface area contributed by atoms with Crippen molar-refractivity contribution in [1.82, 2.24) is 19.7 Å². The average Bonchev–Trinajstić information content (AvgIpc) is 3.39. The second kappa shape index (κ2) is 10.3. The highest BCUT2D eigenvalue weighted by Gasteiger charge is 2.15.